The van der Waals surface area contributed by atoms with E-state index in [1.54, 1.807) is 0 Å². The summed E-state index contributed by atoms with van der Waals surface area (Å²) >= 11 is 0. The van der Waals surface area contributed by atoms with Crippen LogP contribution < -0.4 is 5.32 Å². The summed E-state index contributed by atoms with van der Waals surface area (Å²) in [6.07, 6.45) is 2.75. The van der Waals surface area contributed by atoms with Gasteiger partial charge in [0.1, 0.15) is 6.04 Å². The number of carboxylic acids is 1. The Kier molecular flexibility index (Phi) is 4.33. The lowest BCUT2D eigenvalue weighted by molar-refractivity contribution is -0.143. The molecule has 0 radical (unpaired) electrons. The molecule has 4 nitrogen and oxygen atoms in total. The van der Waals surface area contributed by atoms with Crippen LogP contribution >= 0.6 is 0 Å². The van der Waals surface area contributed by atoms with E-state index in [2.05, 4.69) is 5.32 Å². The van der Waals surface area contributed by atoms with E-state index in [1.165, 1.54) is 0 Å². The van der Waals surface area contributed by atoms with Gasteiger partial charge >= 0.3 is 5.97 Å². The van der Waals surface area contributed by atoms with E-state index >= 15 is 0 Å². The summed E-state index contributed by atoms with van der Waals surface area (Å²) in [5.41, 5.74) is 0. The number of hydrogen-bond acceptors (Lipinski definition) is 2. The van der Waals surface area contributed by atoms with Crippen molar-refractivity contribution < 1.29 is 14.7 Å². The van der Waals surface area contributed by atoms with Gasteiger partial charge in [-0.25, -0.2) is 4.79 Å². The summed E-state index contributed by atoms with van der Waals surface area (Å²) in [5, 5.41) is 11.7. The molecule has 1 fully saturated rings. The van der Waals surface area contributed by atoms with Gasteiger partial charge < -0.3 is 10.4 Å². The molecule has 1 aliphatic rings. The first kappa shape index (κ1) is 13.0. The molecule has 0 aromatic carbocycles. The van der Waals surface area contributed by atoms with Crippen molar-refractivity contribution in [1.29, 1.82) is 0 Å². The second kappa shape index (κ2) is 5.32. The van der Waals surface area contributed by atoms with Crippen LogP contribution in [0.1, 0.15) is 40.0 Å². The minimum atomic E-state index is -0.910. The second-order valence-corrected chi connectivity index (χ2v) is 4.84. The highest BCUT2D eigenvalue weighted by Gasteiger charge is 2.38. The smallest absolute Gasteiger partial charge is 0.326 e. The molecular weight excluding hydrogens is 206 g/mol. The zero-order valence-electron chi connectivity index (χ0n) is 10.2. The molecule has 0 bridgehead atoms. The second-order valence-electron chi connectivity index (χ2n) is 4.84. The predicted octanol–water partition coefficient (Wildman–Crippen LogP) is 1.65. The monoisotopic (exact) mass is 227 g/mol. The van der Waals surface area contributed by atoms with Gasteiger partial charge in [0, 0.05) is 5.92 Å². The summed E-state index contributed by atoms with van der Waals surface area (Å²) in [4.78, 5) is 22.8. The first-order valence-corrected chi connectivity index (χ1v) is 6.00. The predicted molar refractivity (Wildman–Crippen MR) is 60.9 cm³/mol. The van der Waals surface area contributed by atoms with Gasteiger partial charge in [-0.1, -0.05) is 27.2 Å². The van der Waals surface area contributed by atoms with E-state index in [-0.39, 0.29) is 23.7 Å². The van der Waals surface area contributed by atoms with E-state index in [9.17, 15) is 9.59 Å². The summed E-state index contributed by atoms with van der Waals surface area (Å²) in [6.45, 7) is 5.90. The SMILES string of the molecule is CCC(C)C(C)C(=O)NC(C(=O)O)C1CC1. The number of aliphatic carboxylic acids is 1. The average molecular weight is 227 g/mol. The molecule has 0 heterocycles. The third-order valence-corrected chi connectivity index (χ3v) is 3.57. The fraction of sp³-hybridized carbons (Fsp3) is 0.833. The number of carboxylic acid groups (broad SMARTS) is 1. The lowest BCUT2D eigenvalue weighted by Gasteiger charge is -2.21. The summed E-state index contributed by atoms with van der Waals surface area (Å²) in [5.74, 6) is -0.731. The van der Waals surface area contributed by atoms with Crippen LogP contribution in [0.2, 0.25) is 0 Å². The van der Waals surface area contributed by atoms with Crippen molar-refractivity contribution in [2.24, 2.45) is 17.8 Å². The first-order chi connectivity index (χ1) is 7.47. The lowest BCUT2D eigenvalue weighted by Crippen LogP contribution is -2.45. The van der Waals surface area contributed by atoms with Crippen molar-refractivity contribution in [3.8, 4) is 0 Å². The maximum Gasteiger partial charge on any atom is 0.326 e. The molecule has 4 heteroatoms. The molecule has 0 aromatic heterocycles. The number of hydrogen-bond donors (Lipinski definition) is 2. The molecule has 92 valence electrons. The standard InChI is InChI=1S/C12H21NO3/c1-4-7(2)8(3)11(14)13-10(12(15)16)9-5-6-9/h7-10H,4-6H2,1-3H3,(H,13,14)(H,15,16). The highest BCUT2D eigenvalue weighted by atomic mass is 16.4. The van der Waals surface area contributed by atoms with Crippen LogP contribution in [0, 0.1) is 17.8 Å². The van der Waals surface area contributed by atoms with Crippen LogP contribution in [0.4, 0.5) is 0 Å². The van der Waals surface area contributed by atoms with Gasteiger partial charge in [0.25, 0.3) is 0 Å². The molecule has 0 saturated heterocycles. The Morgan fingerprint density at radius 3 is 2.31 bits per heavy atom. The Bertz CT molecular complexity index is 273. The van der Waals surface area contributed by atoms with Crippen molar-refractivity contribution in [1.82, 2.24) is 5.32 Å². The average Bonchev–Trinajstić information content (AvgIpc) is 3.06. The summed E-state index contributed by atoms with van der Waals surface area (Å²) in [7, 11) is 0. The van der Waals surface area contributed by atoms with Gasteiger partial charge in [-0.2, -0.15) is 0 Å². The van der Waals surface area contributed by atoms with Crippen LogP contribution in [0.5, 0.6) is 0 Å². The number of amides is 1. The molecule has 0 spiro atoms. The Morgan fingerprint density at radius 2 is 1.94 bits per heavy atom. The molecule has 0 aliphatic heterocycles. The van der Waals surface area contributed by atoms with Gasteiger partial charge in [-0.05, 0) is 24.7 Å². The molecule has 2 N–H and O–H groups in total. The molecule has 0 aromatic rings. The van der Waals surface area contributed by atoms with Crippen molar-refractivity contribution in [2.45, 2.75) is 46.1 Å². The minimum Gasteiger partial charge on any atom is -0.480 e. The number of nitrogens with one attached hydrogen (secondary N) is 1. The third-order valence-electron chi connectivity index (χ3n) is 3.57. The van der Waals surface area contributed by atoms with Crippen molar-refractivity contribution >= 4 is 11.9 Å². The first-order valence-electron chi connectivity index (χ1n) is 6.00. The van der Waals surface area contributed by atoms with Crippen molar-refractivity contribution in [2.75, 3.05) is 0 Å². The zero-order valence-corrected chi connectivity index (χ0v) is 10.2. The van der Waals surface area contributed by atoms with Gasteiger partial charge in [0.05, 0.1) is 0 Å². The zero-order chi connectivity index (χ0) is 12.3. The van der Waals surface area contributed by atoms with Gasteiger partial charge in [0.2, 0.25) is 5.91 Å². The van der Waals surface area contributed by atoms with Gasteiger partial charge in [-0.3, -0.25) is 4.79 Å². The quantitative estimate of drug-likeness (QED) is 0.725. The Hall–Kier alpha value is -1.06. The van der Waals surface area contributed by atoms with E-state index in [4.69, 9.17) is 5.11 Å². The van der Waals surface area contributed by atoms with Crippen LogP contribution in [0.3, 0.4) is 0 Å². The molecule has 16 heavy (non-hydrogen) atoms. The maximum absolute atomic E-state index is 11.8. The summed E-state index contributed by atoms with van der Waals surface area (Å²) < 4.78 is 0. The van der Waals surface area contributed by atoms with E-state index in [1.807, 2.05) is 20.8 Å². The molecular formula is C12H21NO3. The number of rotatable bonds is 6. The minimum absolute atomic E-state index is 0.120. The Morgan fingerprint density at radius 1 is 1.38 bits per heavy atom. The number of carbonyl (C=O) groups excluding carboxylic acids is 1. The normalized spacial score (nSPS) is 20.9. The molecule has 3 atom stereocenters. The highest BCUT2D eigenvalue weighted by Crippen LogP contribution is 2.33. The molecule has 1 aliphatic carbocycles. The molecule has 3 unspecified atom stereocenters. The lowest BCUT2D eigenvalue weighted by atomic mass is 9.92. The van der Waals surface area contributed by atoms with E-state index < -0.39 is 12.0 Å². The Balaban J connectivity index is 2.51. The fourth-order valence-corrected chi connectivity index (χ4v) is 1.71. The van der Waals surface area contributed by atoms with E-state index in [0.717, 1.165) is 19.3 Å². The van der Waals surface area contributed by atoms with Crippen molar-refractivity contribution in [3.05, 3.63) is 0 Å². The molecule has 1 rings (SSSR count). The largest absolute Gasteiger partial charge is 0.480 e. The van der Waals surface area contributed by atoms with E-state index in [0.29, 0.717) is 0 Å². The summed E-state index contributed by atoms with van der Waals surface area (Å²) in [6, 6.07) is -0.681. The van der Waals surface area contributed by atoms with Crippen molar-refractivity contribution in [3.63, 3.8) is 0 Å². The van der Waals surface area contributed by atoms with Crippen LogP contribution in [0.15, 0.2) is 0 Å². The van der Waals surface area contributed by atoms with Crippen LogP contribution in [-0.4, -0.2) is 23.0 Å². The number of carbonyl (C=O) groups is 2. The highest BCUT2D eigenvalue weighted by molar-refractivity contribution is 5.85. The maximum atomic E-state index is 11.8. The third kappa shape index (κ3) is 3.22. The topological polar surface area (TPSA) is 66.4 Å². The molecule has 1 saturated carbocycles. The Labute approximate surface area is 96.4 Å². The van der Waals surface area contributed by atoms with Gasteiger partial charge in [0.15, 0.2) is 0 Å². The molecule has 1 amide bonds. The van der Waals surface area contributed by atoms with Gasteiger partial charge in [-0.15, -0.1) is 0 Å². The fourth-order valence-electron chi connectivity index (χ4n) is 1.71. The van der Waals surface area contributed by atoms with Crippen LogP contribution in [0.25, 0.3) is 0 Å². The van der Waals surface area contributed by atoms with Crippen LogP contribution in [-0.2, 0) is 9.59 Å².